The van der Waals surface area contributed by atoms with E-state index in [4.69, 9.17) is 0 Å². The highest BCUT2D eigenvalue weighted by molar-refractivity contribution is 9.10. The maximum atomic E-state index is 14.0. The van der Waals surface area contributed by atoms with Gasteiger partial charge in [-0.3, -0.25) is 0 Å². The fourth-order valence-electron chi connectivity index (χ4n) is 2.63. The first kappa shape index (κ1) is 14.3. The number of benzene rings is 1. The number of ether oxygens (including phenoxy) is 1. The molecule has 5 heteroatoms. The van der Waals surface area contributed by atoms with E-state index in [0.29, 0.717) is 16.2 Å². The van der Waals surface area contributed by atoms with Crippen molar-refractivity contribution in [2.75, 3.05) is 19.1 Å². The summed E-state index contributed by atoms with van der Waals surface area (Å²) in [5.41, 5.74) is 0.603. The summed E-state index contributed by atoms with van der Waals surface area (Å²) in [4.78, 5) is 13.8. The fourth-order valence-corrected chi connectivity index (χ4v) is 3.05. The molecule has 19 heavy (non-hydrogen) atoms. The molecule has 0 saturated heterocycles. The first-order valence-electron chi connectivity index (χ1n) is 6.34. The van der Waals surface area contributed by atoms with Gasteiger partial charge >= 0.3 is 5.97 Å². The van der Waals surface area contributed by atoms with Gasteiger partial charge in [-0.1, -0.05) is 28.8 Å². The Morgan fingerprint density at radius 3 is 2.63 bits per heavy atom. The zero-order valence-electron chi connectivity index (χ0n) is 11.1. The topological polar surface area (TPSA) is 29.5 Å². The van der Waals surface area contributed by atoms with E-state index in [1.54, 1.807) is 6.07 Å². The monoisotopic (exact) mass is 329 g/mol. The summed E-state index contributed by atoms with van der Waals surface area (Å²) >= 11 is 3.28. The van der Waals surface area contributed by atoms with Crippen LogP contribution in [0, 0.1) is 5.82 Å². The van der Waals surface area contributed by atoms with Gasteiger partial charge in [-0.15, -0.1) is 0 Å². The number of rotatable bonds is 3. The van der Waals surface area contributed by atoms with Gasteiger partial charge in [0.15, 0.2) is 0 Å². The highest BCUT2D eigenvalue weighted by Crippen LogP contribution is 2.33. The largest absolute Gasteiger partial charge is 0.465 e. The number of halogens is 2. The van der Waals surface area contributed by atoms with Crippen molar-refractivity contribution >= 4 is 27.6 Å². The molecule has 0 atom stereocenters. The van der Waals surface area contributed by atoms with Gasteiger partial charge in [0, 0.05) is 17.6 Å². The van der Waals surface area contributed by atoms with Crippen molar-refractivity contribution in [1.82, 2.24) is 0 Å². The second-order valence-electron chi connectivity index (χ2n) is 4.82. The van der Waals surface area contributed by atoms with Crippen LogP contribution in [0.1, 0.15) is 36.0 Å². The molecule has 0 bridgehead atoms. The summed E-state index contributed by atoms with van der Waals surface area (Å²) in [6.07, 6.45) is 4.51. The third kappa shape index (κ3) is 2.91. The van der Waals surface area contributed by atoms with E-state index in [1.165, 1.54) is 26.0 Å². The molecule has 3 nitrogen and oxygen atoms in total. The van der Waals surface area contributed by atoms with Crippen molar-refractivity contribution in [3.63, 3.8) is 0 Å². The molecule has 0 spiro atoms. The average Bonchev–Trinajstić information content (AvgIpc) is 2.90. The van der Waals surface area contributed by atoms with Crippen molar-refractivity contribution < 1.29 is 13.9 Å². The van der Waals surface area contributed by atoms with Gasteiger partial charge < -0.3 is 9.64 Å². The van der Waals surface area contributed by atoms with Crippen LogP contribution in [0.3, 0.4) is 0 Å². The molecule has 0 unspecified atom stereocenters. The van der Waals surface area contributed by atoms with Crippen molar-refractivity contribution in [2.24, 2.45) is 0 Å². The van der Waals surface area contributed by atoms with Crippen LogP contribution in [0.25, 0.3) is 0 Å². The smallest absolute Gasteiger partial charge is 0.342 e. The van der Waals surface area contributed by atoms with Crippen LogP contribution in [-0.4, -0.2) is 26.2 Å². The van der Waals surface area contributed by atoms with Gasteiger partial charge in [-0.2, -0.15) is 0 Å². The second-order valence-corrected chi connectivity index (χ2v) is 5.74. The Labute approximate surface area is 120 Å². The van der Waals surface area contributed by atoms with E-state index >= 15 is 0 Å². The van der Waals surface area contributed by atoms with Crippen LogP contribution < -0.4 is 4.90 Å². The third-order valence-corrected chi connectivity index (χ3v) is 4.13. The molecule has 1 aliphatic carbocycles. The zero-order chi connectivity index (χ0) is 14.0. The molecule has 0 amide bonds. The molecular formula is C14H17BrFNO2. The first-order chi connectivity index (χ1) is 9.04. The zero-order valence-corrected chi connectivity index (χ0v) is 12.7. The van der Waals surface area contributed by atoms with Crippen LogP contribution in [0.15, 0.2) is 16.6 Å². The molecule has 0 heterocycles. The van der Waals surface area contributed by atoms with Gasteiger partial charge in [0.2, 0.25) is 0 Å². The maximum absolute atomic E-state index is 14.0. The quantitative estimate of drug-likeness (QED) is 0.791. The van der Waals surface area contributed by atoms with Crippen LogP contribution in [0.2, 0.25) is 0 Å². The molecule has 1 aliphatic rings. The van der Waals surface area contributed by atoms with Crippen molar-refractivity contribution in [3.8, 4) is 0 Å². The first-order valence-corrected chi connectivity index (χ1v) is 7.14. The highest BCUT2D eigenvalue weighted by Gasteiger charge is 2.26. The Balaban J connectivity index is 2.44. The minimum atomic E-state index is -0.634. The van der Waals surface area contributed by atoms with Gasteiger partial charge in [0.1, 0.15) is 11.4 Å². The number of nitrogens with zero attached hydrogens (tertiary/aromatic N) is 1. The standard InChI is InChI=1S/C14H17BrFNO2/c1-17(10-5-3-4-6-10)12-8-9(15)7-11(16)13(12)14(18)19-2/h7-8,10H,3-6H2,1-2H3. The van der Waals surface area contributed by atoms with E-state index in [9.17, 15) is 9.18 Å². The summed E-state index contributed by atoms with van der Waals surface area (Å²) in [6.45, 7) is 0. The molecule has 0 aliphatic heterocycles. The third-order valence-electron chi connectivity index (χ3n) is 3.68. The molecule has 0 aromatic heterocycles. The Hall–Kier alpha value is -1.10. The van der Waals surface area contributed by atoms with E-state index in [2.05, 4.69) is 20.7 Å². The van der Waals surface area contributed by atoms with Crippen LogP contribution in [0.5, 0.6) is 0 Å². The van der Waals surface area contributed by atoms with Crippen molar-refractivity contribution in [2.45, 2.75) is 31.7 Å². The van der Waals surface area contributed by atoms with Crippen molar-refractivity contribution in [1.29, 1.82) is 0 Å². The number of anilines is 1. The average molecular weight is 330 g/mol. The van der Waals surface area contributed by atoms with E-state index < -0.39 is 11.8 Å². The molecule has 104 valence electrons. The van der Waals surface area contributed by atoms with Crippen molar-refractivity contribution in [3.05, 3.63) is 28.0 Å². The Bertz CT molecular complexity index is 487. The minimum absolute atomic E-state index is 0.0140. The molecule has 1 fully saturated rings. The van der Waals surface area contributed by atoms with Crippen LogP contribution in [-0.2, 0) is 4.74 Å². The lowest BCUT2D eigenvalue weighted by Crippen LogP contribution is -2.30. The summed E-state index contributed by atoms with van der Waals surface area (Å²) in [5.74, 6) is -1.19. The Morgan fingerprint density at radius 1 is 1.42 bits per heavy atom. The highest BCUT2D eigenvalue weighted by atomic mass is 79.9. The summed E-state index contributed by atoms with van der Waals surface area (Å²) < 4.78 is 19.4. The molecule has 0 N–H and O–H groups in total. The molecule has 0 radical (unpaired) electrons. The van der Waals surface area contributed by atoms with E-state index in [1.807, 2.05) is 11.9 Å². The lowest BCUT2D eigenvalue weighted by Gasteiger charge is -2.28. The SMILES string of the molecule is COC(=O)c1c(F)cc(Br)cc1N(C)C1CCCC1. The number of carbonyl (C=O) groups is 1. The summed E-state index contributed by atoms with van der Waals surface area (Å²) in [7, 11) is 3.17. The lowest BCUT2D eigenvalue weighted by atomic mass is 10.1. The number of hydrogen-bond donors (Lipinski definition) is 0. The van der Waals surface area contributed by atoms with E-state index in [0.717, 1.165) is 12.8 Å². The van der Waals surface area contributed by atoms with Gasteiger partial charge in [0.05, 0.1) is 12.8 Å². The van der Waals surface area contributed by atoms with Gasteiger partial charge in [-0.05, 0) is 25.0 Å². The number of esters is 1. The lowest BCUT2D eigenvalue weighted by molar-refractivity contribution is 0.0596. The normalized spacial score (nSPS) is 15.6. The fraction of sp³-hybridized carbons (Fsp3) is 0.500. The molecule has 2 rings (SSSR count). The van der Waals surface area contributed by atoms with Crippen LogP contribution in [0.4, 0.5) is 10.1 Å². The number of hydrogen-bond acceptors (Lipinski definition) is 3. The second kappa shape index (κ2) is 5.90. The molecule has 1 aromatic carbocycles. The number of carbonyl (C=O) groups excluding carboxylic acids is 1. The minimum Gasteiger partial charge on any atom is -0.465 e. The van der Waals surface area contributed by atoms with Gasteiger partial charge in [0.25, 0.3) is 0 Å². The Kier molecular flexibility index (Phi) is 4.45. The molecule has 1 saturated carbocycles. The van der Waals surface area contributed by atoms with Gasteiger partial charge in [-0.25, -0.2) is 9.18 Å². The summed E-state index contributed by atoms with van der Waals surface area (Å²) in [5, 5.41) is 0. The van der Waals surface area contributed by atoms with E-state index in [-0.39, 0.29) is 5.56 Å². The van der Waals surface area contributed by atoms with Crippen LogP contribution >= 0.6 is 15.9 Å². The molecular weight excluding hydrogens is 313 g/mol. The molecule has 1 aromatic rings. The predicted molar refractivity (Wildman–Crippen MR) is 76.1 cm³/mol. The maximum Gasteiger partial charge on any atom is 0.342 e. The summed E-state index contributed by atoms with van der Waals surface area (Å²) in [6, 6.07) is 3.42. The Morgan fingerprint density at radius 2 is 2.05 bits per heavy atom. The predicted octanol–water partition coefficient (Wildman–Crippen LogP) is 3.75. The number of methoxy groups -OCH3 is 1.